The number of nitrogens with one attached hydrogen (secondary N) is 2. The lowest BCUT2D eigenvalue weighted by Gasteiger charge is -2.34. The Morgan fingerprint density at radius 2 is 1.66 bits per heavy atom. The van der Waals surface area contributed by atoms with Crippen LogP contribution in [0.3, 0.4) is 0 Å². The zero-order chi connectivity index (χ0) is 23.5. The smallest absolute Gasteiger partial charge is 0.317 e. The zero-order valence-corrected chi connectivity index (χ0v) is 20.0. The normalized spacial score (nSPS) is 15.4. The van der Waals surface area contributed by atoms with Crippen molar-refractivity contribution in [3.05, 3.63) is 59.2 Å². The molecule has 0 aliphatic carbocycles. The van der Waals surface area contributed by atoms with Crippen molar-refractivity contribution in [2.45, 2.75) is 25.3 Å². The van der Waals surface area contributed by atoms with E-state index in [1.54, 1.807) is 48.2 Å². The summed E-state index contributed by atoms with van der Waals surface area (Å²) >= 11 is 0. The van der Waals surface area contributed by atoms with E-state index in [-0.39, 0.29) is 38.8 Å². The van der Waals surface area contributed by atoms with Gasteiger partial charge in [-0.3, -0.25) is 4.72 Å². The molecule has 0 unspecified atom stereocenters. The summed E-state index contributed by atoms with van der Waals surface area (Å²) in [7, 11) is -7.00. The first-order valence-electron chi connectivity index (χ1n) is 10.1. The minimum atomic E-state index is -3.61. The van der Waals surface area contributed by atoms with Crippen LogP contribution in [-0.4, -0.2) is 64.5 Å². The number of anilines is 1. The van der Waals surface area contributed by atoms with Gasteiger partial charge in [0.15, 0.2) is 0 Å². The van der Waals surface area contributed by atoms with E-state index in [4.69, 9.17) is 0 Å². The Morgan fingerprint density at radius 1 is 0.969 bits per heavy atom. The first kappa shape index (κ1) is 24.0. The molecule has 32 heavy (non-hydrogen) atoms. The van der Waals surface area contributed by atoms with Gasteiger partial charge in [0.2, 0.25) is 20.0 Å². The SMILES string of the molecule is Cc1ccc(S(=O)(=O)N2CCN(C(=O)NCc3cccc(NS(C)(=O)=O)c3)CC2)c(C)c1. The van der Waals surface area contributed by atoms with E-state index < -0.39 is 20.0 Å². The van der Waals surface area contributed by atoms with E-state index in [0.29, 0.717) is 16.1 Å². The molecule has 9 nitrogen and oxygen atoms in total. The standard InChI is InChI=1S/C21H28N4O5S2/c1-16-7-8-20(17(2)13-16)32(29,30)25-11-9-24(10-12-25)21(26)22-15-18-5-4-6-19(14-18)23-31(3,27)28/h4-8,13-14,23H,9-12,15H2,1-3H3,(H,22,26). The summed E-state index contributed by atoms with van der Waals surface area (Å²) in [5, 5.41) is 2.80. The lowest BCUT2D eigenvalue weighted by molar-refractivity contribution is 0.172. The predicted octanol–water partition coefficient (Wildman–Crippen LogP) is 1.89. The maximum Gasteiger partial charge on any atom is 0.317 e. The van der Waals surface area contributed by atoms with E-state index >= 15 is 0 Å². The third kappa shape index (κ3) is 5.99. The number of carbonyl (C=O) groups excluding carboxylic acids is 1. The maximum atomic E-state index is 13.0. The molecule has 1 aliphatic heterocycles. The van der Waals surface area contributed by atoms with Crippen molar-refractivity contribution in [3.63, 3.8) is 0 Å². The number of aryl methyl sites for hydroxylation is 2. The number of amides is 2. The Bertz CT molecular complexity index is 1200. The maximum absolute atomic E-state index is 13.0. The molecule has 0 spiro atoms. The molecule has 2 N–H and O–H groups in total. The molecule has 2 aromatic rings. The fourth-order valence-electron chi connectivity index (χ4n) is 3.61. The van der Waals surface area contributed by atoms with Crippen molar-refractivity contribution >= 4 is 31.8 Å². The summed E-state index contributed by atoms with van der Waals surface area (Å²) < 4.78 is 52.5. The average Bonchev–Trinajstić information content (AvgIpc) is 2.71. The molecule has 2 amide bonds. The fraction of sp³-hybridized carbons (Fsp3) is 0.381. The number of hydrogen-bond donors (Lipinski definition) is 2. The molecular weight excluding hydrogens is 452 g/mol. The van der Waals surface area contributed by atoms with Crippen LogP contribution >= 0.6 is 0 Å². The second kappa shape index (κ2) is 9.47. The number of sulfonamides is 2. The van der Waals surface area contributed by atoms with Crippen LogP contribution in [0.2, 0.25) is 0 Å². The number of urea groups is 1. The Hall–Kier alpha value is -2.63. The van der Waals surface area contributed by atoms with Gasteiger partial charge in [-0.1, -0.05) is 29.8 Å². The molecule has 0 atom stereocenters. The van der Waals surface area contributed by atoms with Crippen LogP contribution < -0.4 is 10.0 Å². The summed E-state index contributed by atoms with van der Waals surface area (Å²) in [5.41, 5.74) is 2.87. The highest BCUT2D eigenvalue weighted by Gasteiger charge is 2.31. The van der Waals surface area contributed by atoms with E-state index in [1.165, 1.54) is 4.31 Å². The Kier molecular flexibility index (Phi) is 7.11. The molecular formula is C21H28N4O5S2. The van der Waals surface area contributed by atoms with Gasteiger partial charge in [0, 0.05) is 38.4 Å². The molecule has 1 saturated heterocycles. The Labute approximate surface area is 189 Å². The molecule has 1 fully saturated rings. The first-order valence-corrected chi connectivity index (χ1v) is 13.5. The van der Waals surface area contributed by atoms with Gasteiger partial charge in [0.25, 0.3) is 0 Å². The van der Waals surface area contributed by atoms with Crippen molar-refractivity contribution < 1.29 is 21.6 Å². The number of piperazine rings is 1. The highest BCUT2D eigenvalue weighted by Crippen LogP contribution is 2.22. The van der Waals surface area contributed by atoms with Gasteiger partial charge in [0.1, 0.15) is 0 Å². The lowest BCUT2D eigenvalue weighted by Crippen LogP contribution is -2.53. The summed E-state index contributed by atoms with van der Waals surface area (Å²) in [6.07, 6.45) is 1.07. The molecule has 0 bridgehead atoms. The average molecular weight is 481 g/mol. The molecule has 2 aromatic carbocycles. The van der Waals surface area contributed by atoms with Gasteiger partial charge in [-0.2, -0.15) is 4.31 Å². The summed E-state index contributed by atoms with van der Waals surface area (Å²) in [4.78, 5) is 14.4. The van der Waals surface area contributed by atoms with Crippen LogP contribution in [0.25, 0.3) is 0 Å². The number of nitrogens with zero attached hydrogens (tertiary/aromatic N) is 2. The first-order chi connectivity index (χ1) is 15.0. The van der Waals surface area contributed by atoms with Crippen molar-refractivity contribution in [3.8, 4) is 0 Å². The quantitative estimate of drug-likeness (QED) is 0.655. The predicted molar refractivity (Wildman–Crippen MR) is 123 cm³/mol. The van der Waals surface area contributed by atoms with Gasteiger partial charge >= 0.3 is 6.03 Å². The number of hydrogen-bond acceptors (Lipinski definition) is 5. The van der Waals surface area contributed by atoms with E-state index in [2.05, 4.69) is 10.0 Å². The van der Waals surface area contributed by atoms with Crippen molar-refractivity contribution in [1.82, 2.24) is 14.5 Å². The number of benzene rings is 2. The molecule has 3 rings (SSSR count). The molecule has 11 heteroatoms. The fourth-order valence-corrected chi connectivity index (χ4v) is 5.79. The van der Waals surface area contributed by atoms with Crippen molar-refractivity contribution in [1.29, 1.82) is 0 Å². The molecule has 0 radical (unpaired) electrons. The van der Waals surface area contributed by atoms with E-state index in [1.807, 2.05) is 13.0 Å². The van der Waals surface area contributed by atoms with Crippen LogP contribution in [0, 0.1) is 13.8 Å². The summed E-state index contributed by atoms with van der Waals surface area (Å²) in [6, 6.07) is 11.7. The largest absolute Gasteiger partial charge is 0.334 e. The second-order valence-corrected chi connectivity index (χ2v) is 11.5. The third-order valence-electron chi connectivity index (χ3n) is 5.15. The van der Waals surface area contributed by atoms with Gasteiger partial charge in [-0.15, -0.1) is 0 Å². The minimum Gasteiger partial charge on any atom is -0.334 e. The second-order valence-electron chi connectivity index (χ2n) is 7.89. The van der Waals surface area contributed by atoms with Gasteiger partial charge < -0.3 is 10.2 Å². The monoisotopic (exact) mass is 480 g/mol. The highest BCUT2D eigenvalue weighted by molar-refractivity contribution is 7.92. The summed E-state index contributed by atoms with van der Waals surface area (Å²) in [5.74, 6) is 0. The van der Waals surface area contributed by atoms with E-state index in [9.17, 15) is 21.6 Å². The molecule has 1 heterocycles. The Morgan fingerprint density at radius 3 is 2.28 bits per heavy atom. The number of rotatable bonds is 6. The van der Waals surface area contributed by atoms with E-state index in [0.717, 1.165) is 17.4 Å². The Balaban J connectivity index is 1.56. The van der Waals surface area contributed by atoms with Crippen molar-refractivity contribution in [2.24, 2.45) is 0 Å². The molecule has 0 aromatic heterocycles. The molecule has 1 aliphatic rings. The van der Waals surface area contributed by atoms with Gasteiger partial charge in [-0.25, -0.2) is 21.6 Å². The van der Waals surface area contributed by atoms with Crippen LogP contribution in [0.4, 0.5) is 10.5 Å². The van der Waals surface area contributed by atoms with Crippen LogP contribution in [-0.2, 0) is 26.6 Å². The minimum absolute atomic E-state index is 0.219. The zero-order valence-electron chi connectivity index (χ0n) is 18.3. The van der Waals surface area contributed by atoms with Crippen LogP contribution in [0.1, 0.15) is 16.7 Å². The third-order valence-corrected chi connectivity index (χ3v) is 7.81. The van der Waals surface area contributed by atoms with Gasteiger partial charge in [-0.05, 0) is 43.2 Å². The lowest BCUT2D eigenvalue weighted by atomic mass is 10.2. The van der Waals surface area contributed by atoms with Crippen LogP contribution in [0.15, 0.2) is 47.4 Å². The summed E-state index contributed by atoms with van der Waals surface area (Å²) in [6.45, 7) is 4.92. The molecule has 174 valence electrons. The van der Waals surface area contributed by atoms with Crippen LogP contribution in [0.5, 0.6) is 0 Å². The molecule has 0 saturated carbocycles. The van der Waals surface area contributed by atoms with Crippen molar-refractivity contribution in [2.75, 3.05) is 37.2 Å². The topological polar surface area (TPSA) is 116 Å². The highest BCUT2D eigenvalue weighted by atomic mass is 32.2. The number of carbonyl (C=O) groups is 1. The van der Waals surface area contributed by atoms with Gasteiger partial charge in [0.05, 0.1) is 11.2 Å².